The Morgan fingerprint density at radius 1 is 1.06 bits per heavy atom. The van der Waals surface area contributed by atoms with E-state index in [0.717, 1.165) is 25.9 Å². The minimum absolute atomic E-state index is 0.222. The first kappa shape index (κ1) is 24.1. The smallest absolute Gasteiger partial charge is 0.0972 e. The van der Waals surface area contributed by atoms with Gasteiger partial charge in [-0.15, -0.1) is 0 Å². The van der Waals surface area contributed by atoms with E-state index in [9.17, 15) is 10.2 Å². The first-order valence-electron chi connectivity index (χ1n) is 13.7. The lowest BCUT2D eigenvalue weighted by molar-refractivity contribution is -0.169. The highest BCUT2D eigenvalue weighted by molar-refractivity contribution is 5.33. The molecule has 2 bridgehead atoms. The summed E-state index contributed by atoms with van der Waals surface area (Å²) < 4.78 is 6.82. The van der Waals surface area contributed by atoms with E-state index < -0.39 is 0 Å². The van der Waals surface area contributed by atoms with Gasteiger partial charge >= 0.3 is 0 Å². The van der Waals surface area contributed by atoms with Crippen molar-refractivity contribution in [2.75, 3.05) is 6.61 Å². The zero-order valence-electron chi connectivity index (χ0n) is 22.2. The monoisotopic (exact) mass is 456 g/mol. The summed E-state index contributed by atoms with van der Waals surface area (Å²) >= 11 is 0. The van der Waals surface area contributed by atoms with Crippen molar-refractivity contribution in [1.29, 1.82) is 0 Å². The molecule has 1 spiro atoms. The van der Waals surface area contributed by atoms with Crippen LogP contribution in [0.1, 0.15) is 93.4 Å². The third-order valence-corrected chi connectivity index (χ3v) is 12.2. The first-order chi connectivity index (χ1) is 15.3. The summed E-state index contributed by atoms with van der Waals surface area (Å²) in [5.41, 5.74) is 1.45. The molecule has 1 saturated heterocycles. The highest BCUT2D eigenvalue weighted by Gasteiger charge is 2.75. The third kappa shape index (κ3) is 2.91. The molecule has 33 heavy (non-hydrogen) atoms. The van der Waals surface area contributed by atoms with Gasteiger partial charge in [-0.1, -0.05) is 58.4 Å². The zero-order chi connectivity index (χ0) is 24.0. The Labute approximate surface area is 202 Å². The van der Waals surface area contributed by atoms with Crippen LogP contribution in [-0.2, 0) is 4.74 Å². The van der Waals surface area contributed by atoms with Gasteiger partial charge in [-0.25, -0.2) is 0 Å². The maximum atomic E-state index is 10.9. The largest absolute Gasteiger partial charge is 0.392 e. The number of aliphatic hydroxyl groups excluding tert-OH is 2. The van der Waals surface area contributed by atoms with Gasteiger partial charge in [0.2, 0.25) is 0 Å². The Morgan fingerprint density at radius 3 is 2.48 bits per heavy atom. The van der Waals surface area contributed by atoms with Gasteiger partial charge in [0.15, 0.2) is 0 Å². The summed E-state index contributed by atoms with van der Waals surface area (Å²) in [6.07, 6.45) is 14.3. The molecule has 3 nitrogen and oxygen atoms in total. The maximum absolute atomic E-state index is 10.9. The topological polar surface area (TPSA) is 49.7 Å². The highest BCUT2D eigenvalue weighted by atomic mass is 16.5. The molecule has 4 aliphatic carbocycles. The quantitative estimate of drug-likeness (QED) is 0.488. The third-order valence-electron chi connectivity index (χ3n) is 12.2. The van der Waals surface area contributed by atoms with E-state index in [4.69, 9.17) is 4.74 Å². The van der Waals surface area contributed by atoms with E-state index in [1.165, 1.54) is 31.3 Å². The summed E-state index contributed by atoms with van der Waals surface area (Å²) in [4.78, 5) is 0. The number of hydrogen-bond acceptors (Lipinski definition) is 3. The van der Waals surface area contributed by atoms with Gasteiger partial charge in [0.05, 0.1) is 24.4 Å². The van der Waals surface area contributed by atoms with Crippen LogP contribution in [0.2, 0.25) is 0 Å². The molecule has 3 heteroatoms. The molecule has 2 N–H and O–H groups in total. The second-order valence-electron chi connectivity index (χ2n) is 14.0. The summed E-state index contributed by atoms with van der Waals surface area (Å²) in [6, 6.07) is 0. The number of rotatable bonds is 4. The van der Waals surface area contributed by atoms with Crippen LogP contribution in [0.5, 0.6) is 0 Å². The molecule has 0 amide bonds. The number of hydrogen-bond donors (Lipinski definition) is 2. The van der Waals surface area contributed by atoms with E-state index in [1.807, 2.05) is 6.08 Å². The average Bonchev–Trinajstić information content (AvgIpc) is 3.11. The van der Waals surface area contributed by atoms with Crippen molar-refractivity contribution in [2.45, 2.75) is 111 Å². The van der Waals surface area contributed by atoms with Gasteiger partial charge in [0.25, 0.3) is 0 Å². The lowest BCUT2D eigenvalue weighted by Crippen LogP contribution is -2.64. The fraction of sp³-hybridized carbons (Fsp3) is 0.867. The molecule has 0 radical (unpaired) electrons. The van der Waals surface area contributed by atoms with Crippen LogP contribution in [0.4, 0.5) is 0 Å². The van der Waals surface area contributed by atoms with Crippen LogP contribution in [0.25, 0.3) is 0 Å². The Hall–Kier alpha value is -0.640. The van der Waals surface area contributed by atoms with E-state index in [1.54, 1.807) is 0 Å². The highest BCUT2D eigenvalue weighted by Crippen LogP contribution is 2.77. The Kier molecular flexibility index (Phi) is 5.42. The molecule has 10 atom stereocenters. The Balaban J connectivity index is 1.48. The second-order valence-corrected chi connectivity index (χ2v) is 14.0. The van der Waals surface area contributed by atoms with Gasteiger partial charge in [-0.05, 0) is 87.4 Å². The van der Waals surface area contributed by atoms with Crippen molar-refractivity contribution in [3.63, 3.8) is 0 Å². The maximum Gasteiger partial charge on any atom is 0.0972 e. The van der Waals surface area contributed by atoms with Crippen molar-refractivity contribution in [3.05, 3.63) is 23.8 Å². The first-order valence-corrected chi connectivity index (χ1v) is 13.7. The lowest BCUT2D eigenvalue weighted by Gasteiger charge is -2.65. The van der Waals surface area contributed by atoms with Crippen LogP contribution in [0.3, 0.4) is 0 Å². The molecule has 1 aliphatic heterocycles. The van der Waals surface area contributed by atoms with E-state index in [2.05, 4.69) is 60.6 Å². The fourth-order valence-electron chi connectivity index (χ4n) is 10.2. The molecule has 4 fully saturated rings. The fourth-order valence-corrected chi connectivity index (χ4v) is 10.2. The summed E-state index contributed by atoms with van der Waals surface area (Å²) in [7, 11) is 0. The van der Waals surface area contributed by atoms with Gasteiger partial charge in [-0.2, -0.15) is 0 Å². The molecule has 0 aromatic heterocycles. The number of ether oxygens (including phenoxy) is 1. The molecule has 1 heterocycles. The van der Waals surface area contributed by atoms with Crippen molar-refractivity contribution in [3.8, 4) is 0 Å². The molecular formula is C30H48O3. The van der Waals surface area contributed by atoms with Crippen molar-refractivity contribution in [2.24, 2.45) is 45.3 Å². The molecule has 3 saturated carbocycles. The van der Waals surface area contributed by atoms with E-state index in [0.29, 0.717) is 29.1 Å². The molecule has 5 aliphatic rings. The molecule has 0 aromatic rings. The molecule has 5 rings (SSSR count). The Bertz CT molecular complexity index is 855. The SMILES string of the molecule is CC(C)=CC(O)C[C@@H](C)[C@H]1CC[C@@]2(C)C3C=C[C@@]45OC[C@]3(CC[C@]12C)C4CC[C@H](O)C5(C)C. The van der Waals surface area contributed by atoms with Gasteiger partial charge in [-0.3, -0.25) is 0 Å². The van der Waals surface area contributed by atoms with E-state index >= 15 is 0 Å². The summed E-state index contributed by atoms with van der Waals surface area (Å²) in [5.74, 6) is 2.25. The molecule has 0 aromatic carbocycles. The number of fused-ring (bicyclic) bond motifs is 2. The molecule has 186 valence electrons. The summed E-state index contributed by atoms with van der Waals surface area (Å²) in [5, 5.41) is 21.6. The van der Waals surface area contributed by atoms with Crippen LogP contribution < -0.4 is 0 Å². The van der Waals surface area contributed by atoms with Crippen molar-refractivity contribution < 1.29 is 14.9 Å². The van der Waals surface area contributed by atoms with Crippen molar-refractivity contribution in [1.82, 2.24) is 0 Å². The zero-order valence-corrected chi connectivity index (χ0v) is 22.2. The van der Waals surface area contributed by atoms with Crippen LogP contribution in [0, 0.1) is 45.3 Å². The van der Waals surface area contributed by atoms with Gasteiger partial charge < -0.3 is 14.9 Å². The predicted octanol–water partition coefficient (Wildman–Crippen LogP) is 6.29. The van der Waals surface area contributed by atoms with Crippen molar-refractivity contribution >= 4 is 0 Å². The second kappa shape index (κ2) is 7.43. The number of aliphatic hydroxyl groups is 2. The normalized spacial score (nSPS) is 51.3. The molecular weight excluding hydrogens is 408 g/mol. The lowest BCUT2D eigenvalue weighted by atomic mass is 9.38. The number of allylic oxidation sites excluding steroid dienone is 2. The van der Waals surface area contributed by atoms with E-state index in [-0.39, 0.29) is 34.1 Å². The Morgan fingerprint density at radius 2 is 1.79 bits per heavy atom. The van der Waals surface area contributed by atoms with Gasteiger partial charge in [0, 0.05) is 16.7 Å². The van der Waals surface area contributed by atoms with Crippen LogP contribution >= 0.6 is 0 Å². The minimum atomic E-state index is -0.329. The molecule has 3 unspecified atom stereocenters. The van der Waals surface area contributed by atoms with Crippen LogP contribution in [0.15, 0.2) is 23.8 Å². The van der Waals surface area contributed by atoms with Gasteiger partial charge in [0.1, 0.15) is 0 Å². The standard InChI is InChI=1S/C30H48O3/c1-19(2)16-21(31)17-20(3)22-10-12-28(7)23-11-13-30-24(8-9-25(32)26(30,4)5)29(23,18-33-30)15-14-27(22,28)6/h11,13,16,20-25,31-32H,8-10,12,14-15,17-18H2,1-7H3/t20-,21?,22-,23?,24?,25+,27-,28+,29+,30-/m1/s1. The van der Waals surface area contributed by atoms with Crippen LogP contribution in [-0.4, -0.2) is 34.6 Å². The average molecular weight is 457 g/mol. The summed E-state index contributed by atoms with van der Waals surface area (Å²) in [6.45, 7) is 17.0. The minimum Gasteiger partial charge on any atom is -0.392 e. The predicted molar refractivity (Wildman–Crippen MR) is 134 cm³/mol.